The molecule has 1 fully saturated rings. The SMILES string of the molecule is CS(=O)(=O)C1CCCC1Nc1ccc(F)c(F)c1. The fraction of sp³-hybridized carbons (Fsp3) is 0.500. The highest BCUT2D eigenvalue weighted by atomic mass is 32.2. The maximum atomic E-state index is 13.1. The van der Waals surface area contributed by atoms with Crippen molar-refractivity contribution in [3.05, 3.63) is 29.8 Å². The van der Waals surface area contributed by atoms with Gasteiger partial charge in [0.2, 0.25) is 0 Å². The molecule has 2 unspecified atom stereocenters. The molecule has 0 spiro atoms. The van der Waals surface area contributed by atoms with Crippen molar-refractivity contribution in [3.8, 4) is 0 Å². The van der Waals surface area contributed by atoms with E-state index in [1.54, 1.807) is 0 Å². The van der Waals surface area contributed by atoms with Crippen LogP contribution in [-0.2, 0) is 9.84 Å². The van der Waals surface area contributed by atoms with E-state index in [0.717, 1.165) is 25.0 Å². The van der Waals surface area contributed by atoms with E-state index in [0.29, 0.717) is 12.1 Å². The number of benzene rings is 1. The van der Waals surface area contributed by atoms with E-state index in [-0.39, 0.29) is 6.04 Å². The van der Waals surface area contributed by atoms with Crippen LogP contribution >= 0.6 is 0 Å². The van der Waals surface area contributed by atoms with Gasteiger partial charge in [-0.05, 0) is 31.4 Å². The van der Waals surface area contributed by atoms with Gasteiger partial charge in [0, 0.05) is 24.1 Å². The van der Waals surface area contributed by atoms with Crippen LogP contribution in [-0.4, -0.2) is 26.0 Å². The summed E-state index contributed by atoms with van der Waals surface area (Å²) in [5.74, 6) is -1.85. The lowest BCUT2D eigenvalue weighted by molar-refractivity contribution is 0.509. The molecule has 18 heavy (non-hydrogen) atoms. The van der Waals surface area contributed by atoms with Gasteiger partial charge in [0.05, 0.1) is 5.25 Å². The first-order valence-electron chi connectivity index (χ1n) is 5.78. The molecule has 3 nitrogen and oxygen atoms in total. The predicted octanol–water partition coefficient (Wildman–Crippen LogP) is 2.34. The lowest BCUT2D eigenvalue weighted by Gasteiger charge is -2.20. The second kappa shape index (κ2) is 4.84. The molecular weight excluding hydrogens is 260 g/mol. The molecule has 2 rings (SSSR count). The van der Waals surface area contributed by atoms with E-state index in [9.17, 15) is 17.2 Å². The third-order valence-electron chi connectivity index (χ3n) is 3.27. The normalized spacial score (nSPS) is 24.2. The highest BCUT2D eigenvalue weighted by Gasteiger charge is 2.34. The number of hydrogen-bond acceptors (Lipinski definition) is 3. The van der Waals surface area contributed by atoms with Gasteiger partial charge >= 0.3 is 0 Å². The third kappa shape index (κ3) is 2.80. The van der Waals surface area contributed by atoms with Crippen LogP contribution in [0.1, 0.15) is 19.3 Å². The molecule has 0 saturated heterocycles. The summed E-state index contributed by atoms with van der Waals surface area (Å²) < 4.78 is 49.0. The fourth-order valence-corrected chi connectivity index (χ4v) is 3.80. The van der Waals surface area contributed by atoms with Crippen molar-refractivity contribution in [2.45, 2.75) is 30.6 Å². The molecule has 0 aliphatic heterocycles. The number of sulfone groups is 1. The van der Waals surface area contributed by atoms with E-state index >= 15 is 0 Å². The van der Waals surface area contributed by atoms with Crippen LogP contribution in [0.5, 0.6) is 0 Å². The van der Waals surface area contributed by atoms with Crippen LogP contribution in [0, 0.1) is 11.6 Å². The maximum absolute atomic E-state index is 13.1. The van der Waals surface area contributed by atoms with Crippen LogP contribution in [0.2, 0.25) is 0 Å². The third-order valence-corrected chi connectivity index (χ3v) is 4.94. The molecule has 2 atom stereocenters. The molecule has 1 N–H and O–H groups in total. The number of anilines is 1. The van der Waals surface area contributed by atoms with Gasteiger partial charge in [0.1, 0.15) is 0 Å². The zero-order valence-electron chi connectivity index (χ0n) is 9.99. The van der Waals surface area contributed by atoms with Crippen molar-refractivity contribution >= 4 is 15.5 Å². The summed E-state index contributed by atoms with van der Waals surface area (Å²) >= 11 is 0. The van der Waals surface area contributed by atoms with Crippen molar-refractivity contribution in [1.29, 1.82) is 0 Å². The van der Waals surface area contributed by atoms with Gasteiger partial charge < -0.3 is 5.32 Å². The van der Waals surface area contributed by atoms with Gasteiger partial charge in [-0.2, -0.15) is 0 Å². The first-order chi connectivity index (χ1) is 8.38. The fourth-order valence-electron chi connectivity index (χ4n) is 2.40. The summed E-state index contributed by atoms with van der Waals surface area (Å²) in [6, 6.07) is 3.26. The highest BCUT2D eigenvalue weighted by Crippen LogP contribution is 2.28. The number of halogens is 2. The lowest BCUT2D eigenvalue weighted by atomic mass is 10.2. The predicted molar refractivity (Wildman–Crippen MR) is 66.3 cm³/mol. The van der Waals surface area contributed by atoms with Gasteiger partial charge in [-0.25, -0.2) is 17.2 Å². The number of rotatable bonds is 3. The van der Waals surface area contributed by atoms with Crippen molar-refractivity contribution in [2.75, 3.05) is 11.6 Å². The van der Waals surface area contributed by atoms with Gasteiger partial charge in [-0.15, -0.1) is 0 Å². The standard InChI is InChI=1S/C12H15F2NO2S/c1-18(16,17)12-4-2-3-11(12)15-8-5-6-9(13)10(14)7-8/h5-7,11-12,15H,2-4H2,1H3. The summed E-state index contributed by atoms with van der Waals surface area (Å²) in [7, 11) is -3.12. The minimum Gasteiger partial charge on any atom is -0.381 e. The number of nitrogens with one attached hydrogen (secondary N) is 1. The Kier molecular flexibility index (Phi) is 3.56. The minimum atomic E-state index is -3.12. The Bertz CT molecular complexity index is 545. The topological polar surface area (TPSA) is 46.2 Å². The first-order valence-corrected chi connectivity index (χ1v) is 7.74. The van der Waals surface area contributed by atoms with Gasteiger partial charge in [0.15, 0.2) is 21.5 Å². The Morgan fingerprint density at radius 3 is 2.56 bits per heavy atom. The maximum Gasteiger partial charge on any atom is 0.160 e. The van der Waals surface area contributed by atoms with Crippen LogP contribution in [0.4, 0.5) is 14.5 Å². The smallest absolute Gasteiger partial charge is 0.160 e. The molecule has 1 aromatic rings. The van der Waals surface area contributed by atoms with E-state index in [2.05, 4.69) is 5.32 Å². The minimum absolute atomic E-state index is 0.232. The molecule has 1 aromatic carbocycles. The quantitative estimate of drug-likeness (QED) is 0.921. The Morgan fingerprint density at radius 2 is 1.94 bits per heavy atom. The molecule has 100 valence electrons. The molecule has 0 bridgehead atoms. The molecule has 1 saturated carbocycles. The molecule has 1 aliphatic rings. The monoisotopic (exact) mass is 275 g/mol. The summed E-state index contributed by atoms with van der Waals surface area (Å²) in [4.78, 5) is 0. The first kappa shape index (κ1) is 13.3. The Hall–Kier alpha value is -1.17. The van der Waals surface area contributed by atoms with Crippen molar-refractivity contribution in [3.63, 3.8) is 0 Å². The summed E-state index contributed by atoms with van der Waals surface area (Å²) in [6.07, 6.45) is 3.36. The van der Waals surface area contributed by atoms with Gasteiger partial charge in [-0.1, -0.05) is 0 Å². The summed E-state index contributed by atoms with van der Waals surface area (Å²) in [6.45, 7) is 0. The molecular formula is C12H15F2NO2S. The lowest BCUT2D eigenvalue weighted by Crippen LogP contribution is -2.34. The zero-order valence-corrected chi connectivity index (χ0v) is 10.8. The van der Waals surface area contributed by atoms with Gasteiger partial charge in [-0.3, -0.25) is 0 Å². The largest absolute Gasteiger partial charge is 0.381 e. The molecule has 1 aliphatic carbocycles. The average Bonchev–Trinajstić information content (AvgIpc) is 2.71. The average molecular weight is 275 g/mol. The van der Waals surface area contributed by atoms with Crippen molar-refractivity contribution in [2.24, 2.45) is 0 Å². The highest BCUT2D eigenvalue weighted by molar-refractivity contribution is 7.91. The molecule has 0 amide bonds. The van der Waals surface area contributed by atoms with E-state index in [1.165, 1.54) is 12.3 Å². The molecule has 0 radical (unpaired) electrons. The van der Waals surface area contributed by atoms with Crippen LogP contribution in [0.15, 0.2) is 18.2 Å². The summed E-state index contributed by atoms with van der Waals surface area (Å²) in [5, 5.41) is 2.53. The number of hydrogen-bond donors (Lipinski definition) is 1. The van der Waals surface area contributed by atoms with E-state index in [1.807, 2.05) is 0 Å². The summed E-state index contributed by atoms with van der Waals surface area (Å²) in [5.41, 5.74) is 0.412. The van der Waals surface area contributed by atoms with E-state index < -0.39 is 26.7 Å². The zero-order chi connectivity index (χ0) is 13.3. The van der Waals surface area contributed by atoms with Crippen molar-refractivity contribution < 1.29 is 17.2 Å². The Balaban J connectivity index is 2.16. The molecule has 0 aromatic heterocycles. The second-order valence-corrected chi connectivity index (χ2v) is 6.94. The Labute approximate surface area is 105 Å². The van der Waals surface area contributed by atoms with Crippen LogP contribution in [0.25, 0.3) is 0 Å². The van der Waals surface area contributed by atoms with Gasteiger partial charge in [0.25, 0.3) is 0 Å². The van der Waals surface area contributed by atoms with E-state index in [4.69, 9.17) is 0 Å². The van der Waals surface area contributed by atoms with Crippen LogP contribution < -0.4 is 5.32 Å². The van der Waals surface area contributed by atoms with Crippen molar-refractivity contribution in [1.82, 2.24) is 0 Å². The molecule has 0 heterocycles. The second-order valence-electron chi connectivity index (χ2n) is 4.68. The Morgan fingerprint density at radius 1 is 1.22 bits per heavy atom. The molecule has 6 heteroatoms. The van der Waals surface area contributed by atoms with Crippen LogP contribution in [0.3, 0.4) is 0 Å².